The van der Waals surface area contributed by atoms with Gasteiger partial charge >= 0.3 is 12.1 Å². The van der Waals surface area contributed by atoms with Gasteiger partial charge in [0.15, 0.2) is 0 Å². The number of nitrogens with two attached hydrogens (primary N) is 4. The Kier molecular flexibility index (Phi) is 4.51. The molecule has 4 amide bonds. The van der Waals surface area contributed by atoms with E-state index in [-0.39, 0.29) is 17.1 Å². The van der Waals surface area contributed by atoms with Gasteiger partial charge in [-0.25, -0.2) is 31.3 Å². The van der Waals surface area contributed by atoms with Gasteiger partial charge in [0.05, 0.1) is 12.3 Å². The van der Waals surface area contributed by atoms with Crippen LogP contribution in [0.1, 0.15) is 6.92 Å². The zero-order valence-electron chi connectivity index (χ0n) is 10.4. The van der Waals surface area contributed by atoms with Gasteiger partial charge in [0.1, 0.15) is 11.4 Å². The van der Waals surface area contributed by atoms with Crippen molar-refractivity contribution in [2.75, 3.05) is 16.6 Å². The first kappa shape index (κ1) is 14.5. The van der Waals surface area contributed by atoms with Crippen LogP contribution >= 0.6 is 0 Å². The summed E-state index contributed by atoms with van der Waals surface area (Å²) in [5.41, 5.74) is 10.7. The molecule has 0 unspecified atom stereocenters. The van der Waals surface area contributed by atoms with Gasteiger partial charge in [0.2, 0.25) is 0 Å². The molecule has 0 radical (unpaired) electrons. The van der Waals surface area contributed by atoms with E-state index in [1.807, 2.05) is 0 Å². The van der Waals surface area contributed by atoms with Crippen molar-refractivity contribution in [2.45, 2.75) is 6.92 Å². The molecule has 0 spiro atoms. The lowest BCUT2D eigenvalue weighted by Gasteiger charge is -2.20. The highest BCUT2D eigenvalue weighted by Gasteiger charge is 2.16. The molecule has 1 aromatic carbocycles. The third-order valence-electron chi connectivity index (χ3n) is 2.26. The monoisotopic (exact) mass is 268 g/mol. The molecule has 0 bridgehead atoms. The molecule has 19 heavy (non-hydrogen) atoms. The second kappa shape index (κ2) is 5.89. The number of hydrazine groups is 2. The van der Waals surface area contributed by atoms with Gasteiger partial charge in [0.25, 0.3) is 0 Å². The van der Waals surface area contributed by atoms with Crippen LogP contribution in [0.25, 0.3) is 0 Å². The van der Waals surface area contributed by atoms with Crippen molar-refractivity contribution >= 4 is 23.4 Å². The Morgan fingerprint density at radius 1 is 1.16 bits per heavy atom. The van der Waals surface area contributed by atoms with Crippen molar-refractivity contribution in [1.82, 2.24) is 0 Å². The van der Waals surface area contributed by atoms with Crippen LogP contribution in [0, 0.1) is 0 Å². The number of hydrogen-bond donors (Lipinski definition) is 4. The van der Waals surface area contributed by atoms with Crippen LogP contribution < -0.4 is 37.9 Å². The molecule has 0 aliphatic rings. The highest BCUT2D eigenvalue weighted by atomic mass is 16.5. The number of primary amides is 2. The Bertz CT molecular complexity index is 492. The molecule has 0 heterocycles. The average molecular weight is 268 g/mol. The SMILES string of the molecule is CCOc1cc(N(N)C(N)=O)ccc1N(N)C(N)=O. The molecule has 0 aliphatic heterocycles. The fourth-order valence-corrected chi connectivity index (χ4v) is 1.37. The van der Waals surface area contributed by atoms with Crippen molar-refractivity contribution in [2.24, 2.45) is 23.2 Å². The summed E-state index contributed by atoms with van der Waals surface area (Å²) >= 11 is 0. The van der Waals surface area contributed by atoms with E-state index < -0.39 is 12.1 Å². The lowest BCUT2D eigenvalue weighted by atomic mass is 10.2. The summed E-state index contributed by atoms with van der Waals surface area (Å²) in [5.74, 6) is 11.2. The average Bonchev–Trinajstić information content (AvgIpc) is 2.37. The zero-order chi connectivity index (χ0) is 14.6. The number of urea groups is 2. The maximum absolute atomic E-state index is 11.0. The van der Waals surface area contributed by atoms with Crippen LogP contribution in [-0.4, -0.2) is 18.7 Å². The third-order valence-corrected chi connectivity index (χ3v) is 2.26. The van der Waals surface area contributed by atoms with Crippen LogP contribution in [0.3, 0.4) is 0 Å². The summed E-state index contributed by atoms with van der Waals surface area (Å²) in [6.45, 7) is 2.07. The van der Waals surface area contributed by atoms with Crippen molar-refractivity contribution in [3.8, 4) is 5.75 Å². The molecule has 0 atom stereocenters. The van der Waals surface area contributed by atoms with E-state index in [4.69, 9.17) is 27.9 Å². The molecule has 9 nitrogen and oxygen atoms in total. The molecular weight excluding hydrogens is 252 g/mol. The summed E-state index contributed by atoms with van der Waals surface area (Å²) in [6, 6.07) is 2.62. The Morgan fingerprint density at radius 3 is 2.21 bits per heavy atom. The highest BCUT2D eigenvalue weighted by molar-refractivity contribution is 5.93. The topological polar surface area (TPSA) is 154 Å². The van der Waals surface area contributed by atoms with Crippen LogP contribution in [-0.2, 0) is 0 Å². The summed E-state index contributed by atoms with van der Waals surface area (Å²) in [7, 11) is 0. The number of anilines is 2. The van der Waals surface area contributed by atoms with Crippen LogP contribution in [0.15, 0.2) is 18.2 Å². The number of amides is 4. The van der Waals surface area contributed by atoms with E-state index in [2.05, 4.69) is 0 Å². The maximum Gasteiger partial charge on any atom is 0.333 e. The normalized spacial score (nSPS) is 9.84. The number of carbonyl (C=O) groups is 2. The molecule has 104 valence electrons. The Morgan fingerprint density at radius 2 is 1.74 bits per heavy atom. The minimum Gasteiger partial charge on any atom is -0.492 e. The molecule has 1 rings (SSSR count). The smallest absolute Gasteiger partial charge is 0.333 e. The predicted octanol–water partition coefficient (Wildman–Crippen LogP) is -0.397. The largest absolute Gasteiger partial charge is 0.492 e. The van der Waals surface area contributed by atoms with Gasteiger partial charge in [-0.3, -0.25) is 0 Å². The van der Waals surface area contributed by atoms with Crippen molar-refractivity contribution in [3.63, 3.8) is 0 Å². The molecule has 9 heteroatoms. The van der Waals surface area contributed by atoms with Gasteiger partial charge in [0, 0.05) is 6.07 Å². The molecule has 0 aromatic heterocycles. The standard InChI is InChI=1S/C10H16N6O3/c1-2-19-8-5-6(15(13)9(11)17)3-4-7(8)16(14)10(12)18/h3-5H,2,13-14H2,1H3,(H2,11,17)(H2,12,18). The van der Waals surface area contributed by atoms with Crippen LogP contribution in [0.4, 0.5) is 21.0 Å². The lowest BCUT2D eigenvalue weighted by molar-refractivity contribution is 0.252. The first-order valence-corrected chi connectivity index (χ1v) is 5.33. The van der Waals surface area contributed by atoms with E-state index in [1.165, 1.54) is 18.2 Å². The summed E-state index contributed by atoms with van der Waals surface area (Å²) < 4.78 is 5.32. The second-order valence-corrected chi connectivity index (χ2v) is 3.50. The zero-order valence-corrected chi connectivity index (χ0v) is 10.4. The number of nitrogens with zero attached hydrogens (tertiary/aromatic N) is 2. The van der Waals surface area contributed by atoms with E-state index >= 15 is 0 Å². The van der Waals surface area contributed by atoms with Crippen molar-refractivity contribution in [3.05, 3.63) is 18.2 Å². The molecule has 1 aromatic rings. The first-order valence-electron chi connectivity index (χ1n) is 5.33. The van der Waals surface area contributed by atoms with Gasteiger partial charge in [-0.05, 0) is 19.1 Å². The van der Waals surface area contributed by atoms with Gasteiger partial charge < -0.3 is 16.2 Å². The van der Waals surface area contributed by atoms with E-state index in [9.17, 15) is 9.59 Å². The van der Waals surface area contributed by atoms with Crippen LogP contribution in [0.5, 0.6) is 5.75 Å². The quantitative estimate of drug-likeness (QED) is 0.332. The molecule has 0 fully saturated rings. The minimum absolute atomic E-state index is 0.246. The van der Waals surface area contributed by atoms with E-state index in [1.54, 1.807) is 6.92 Å². The van der Waals surface area contributed by atoms with Gasteiger partial charge in [-0.2, -0.15) is 0 Å². The molecule has 0 aliphatic carbocycles. The summed E-state index contributed by atoms with van der Waals surface area (Å²) in [4.78, 5) is 22.0. The second-order valence-electron chi connectivity index (χ2n) is 3.50. The number of carbonyl (C=O) groups excluding carboxylic acids is 2. The fourth-order valence-electron chi connectivity index (χ4n) is 1.37. The number of ether oxygens (including phenoxy) is 1. The number of benzene rings is 1. The lowest BCUT2D eigenvalue weighted by Crippen LogP contribution is -2.42. The molecule has 0 saturated heterocycles. The Balaban J connectivity index is 3.21. The van der Waals surface area contributed by atoms with Gasteiger partial charge in [-0.1, -0.05) is 0 Å². The first-order chi connectivity index (χ1) is 8.88. The molecule has 0 saturated carbocycles. The number of rotatable bonds is 4. The highest BCUT2D eigenvalue weighted by Crippen LogP contribution is 2.31. The molecule has 8 N–H and O–H groups in total. The van der Waals surface area contributed by atoms with E-state index in [0.29, 0.717) is 6.61 Å². The van der Waals surface area contributed by atoms with Gasteiger partial charge in [-0.15, -0.1) is 0 Å². The van der Waals surface area contributed by atoms with Crippen LogP contribution in [0.2, 0.25) is 0 Å². The number of hydrogen-bond acceptors (Lipinski definition) is 5. The minimum atomic E-state index is -0.854. The van der Waals surface area contributed by atoms with Crippen molar-refractivity contribution < 1.29 is 14.3 Å². The van der Waals surface area contributed by atoms with E-state index in [0.717, 1.165) is 10.0 Å². The van der Waals surface area contributed by atoms with Crippen molar-refractivity contribution in [1.29, 1.82) is 0 Å². The Labute approximate surface area is 109 Å². The third kappa shape index (κ3) is 3.24. The Hall–Kier alpha value is -2.52. The summed E-state index contributed by atoms with van der Waals surface area (Å²) in [5, 5.41) is 1.46. The predicted molar refractivity (Wildman–Crippen MR) is 70.1 cm³/mol. The fraction of sp³-hybridized carbons (Fsp3) is 0.200. The molecular formula is C10H16N6O3. The maximum atomic E-state index is 11.0. The summed E-state index contributed by atoms with van der Waals surface area (Å²) in [6.07, 6.45) is 0.